The Morgan fingerprint density at radius 3 is 2.15 bits per heavy atom. The Kier molecular flexibility index (Phi) is 7.69. The van der Waals surface area contributed by atoms with Crippen LogP contribution in [0.3, 0.4) is 0 Å². The van der Waals surface area contributed by atoms with Crippen molar-refractivity contribution < 1.29 is 0 Å². The number of aliphatic imine (C=N–C) groups is 1. The van der Waals surface area contributed by atoms with Crippen molar-refractivity contribution in [3.63, 3.8) is 0 Å². The van der Waals surface area contributed by atoms with Gasteiger partial charge in [0.25, 0.3) is 0 Å². The highest BCUT2D eigenvalue weighted by molar-refractivity contribution is 5.79. The van der Waals surface area contributed by atoms with Crippen LogP contribution in [-0.2, 0) is 13.6 Å². The maximum absolute atomic E-state index is 4.58. The van der Waals surface area contributed by atoms with Gasteiger partial charge in [-0.15, -0.1) is 10.2 Å². The van der Waals surface area contributed by atoms with Gasteiger partial charge in [0.15, 0.2) is 11.8 Å². The fourth-order valence-electron chi connectivity index (χ4n) is 1.68. The molecule has 0 aromatic carbocycles. The zero-order valence-electron chi connectivity index (χ0n) is 13.2. The van der Waals surface area contributed by atoms with Crippen LogP contribution in [0.4, 0.5) is 0 Å². The predicted octanol–water partition coefficient (Wildman–Crippen LogP) is 1.76. The maximum atomic E-state index is 4.58. The van der Waals surface area contributed by atoms with Gasteiger partial charge < -0.3 is 15.2 Å². The van der Waals surface area contributed by atoms with Crippen molar-refractivity contribution in [2.75, 3.05) is 13.1 Å². The van der Waals surface area contributed by atoms with Crippen molar-refractivity contribution in [2.45, 2.75) is 53.0 Å². The van der Waals surface area contributed by atoms with Gasteiger partial charge in [0.05, 0.1) is 0 Å². The van der Waals surface area contributed by atoms with Crippen LogP contribution in [0, 0.1) is 6.92 Å². The van der Waals surface area contributed by atoms with E-state index in [2.05, 4.69) is 39.7 Å². The van der Waals surface area contributed by atoms with Crippen molar-refractivity contribution in [3.8, 4) is 0 Å². The summed E-state index contributed by atoms with van der Waals surface area (Å²) in [6, 6.07) is 0. The van der Waals surface area contributed by atoms with Gasteiger partial charge in [0.2, 0.25) is 0 Å². The third-order valence-corrected chi connectivity index (χ3v) is 3.21. The number of nitrogens with zero attached hydrogens (tertiary/aromatic N) is 4. The van der Waals surface area contributed by atoms with Crippen molar-refractivity contribution in [1.82, 2.24) is 25.4 Å². The Morgan fingerprint density at radius 1 is 1.10 bits per heavy atom. The first-order valence-electron chi connectivity index (χ1n) is 7.56. The number of aryl methyl sites for hydroxylation is 1. The van der Waals surface area contributed by atoms with E-state index in [1.54, 1.807) is 0 Å². The van der Waals surface area contributed by atoms with E-state index in [4.69, 9.17) is 0 Å². The van der Waals surface area contributed by atoms with E-state index in [9.17, 15) is 0 Å². The number of unbranched alkanes of at least 4 members (excludes halogenated alkanes) is 2. The summed E-state index contributed by atoms with van der Waals surface area (Å²) < 4.78 is 1.97. The lowest BCUT2D eigenvalue weighted by Gasteiger charge is -2.11. The van der Waals surface area contributed by atoms with E-state index in [0.29, 0.717) is 6.54 Å². The number of hydrogen-bond acceptors (Lipinski definition) is 3. The molecule has 0 spiro atoms. The summed E-state index contributed by atoms with van der Waals surface area (Å²) in [5.41, 5.74) is 0. The predicted molar refractivity (Wildman–Crippen MR) is 82.7 cm³/mol. The molecule has 0 saturated carbocycles. The maximum Gasteiger partial charge on any atom is 0.191 e. The number of guanidine groups is 1. The molecule has 0 aliphatic heterocycles. The van der Waals surface area contributed by atoms with Crippen molar-refractivity contribution >= 4 is 5.96 Å². The lowest BCUT2D eigenvalue weighted by molar-refractivity contribution is 0.695. The Morgan fingerprint density at radius 2 is 1.70 bits per heavy atom. The topological polar surface area (TPSA) is 67.1 Å². The molecule has 0 aliphatic rings. The van der Waals surface area contributed by atoms with Gasteiger partial charge in [-0.2, -0.15) is 0 Å². The average molecular weight is 280 g/mol. The molecule has 1 rings (SSSR count). The number of aromatic nitrogens is 3. The SMILES string of the molecule is CCCCNC(=NCc1nnc(C)n1C)NCCCC. The zero-order valence-corrected chi connectivity index (χ0v) is 13.2. The van der Waals surface area contributed by atoms with Crippen molar-refractivity contribution in [1.29, 1.82) is 0 Å². The lowest BCUT2D eigenvalue weighted by Crippen LogP contribution is -2.38. The van der Waals surface area contributed by atoms with Crippen LogP contribution in [0.25, 0.3) is 0 Å². The van der Waals surface area contributed by atoms with Gasteiger partial charge in [-0.25, -0.2) is 4.99 Å². The second kappa shape index (κ2) is 9.34. The van der Waals surface area contributed by atoms with Crippen LogP contribution in [0.2, 0.25) is 0 Å². The quantitative estimate of drug-likeness (QED) is 0.432. The Balaban J connectivity index is 2.55. The minimum atomic E-state index is 0.547. The number of rotatable bonds is 8. The van der Waals surface area contributed by atoms with Gasteiger partial charge in [-0.3, -0.25) is 0 Å². The molecule has 0 fully saturated rings. The van der Waals surface area contributed by atoms with E-state index in [-0.39, 0.29) is 0 Å². The fourth-order valence-corrected chi connectivity index (χ4v) is 1.68. The molecule has 0 amide bonds. The largest absolute Gasteiger partial charge is 0.356 e. The summed E-state index contributed by atoms with van der Waals surface area (Å²) in [4.78, 5) is 4.58. The van der Waals surface area contributed by atoms with Crippen LogP contribution in [0.15, 0.2) is 4.99 Å². The van der Waals surface area contributed by atoms with E-state index in [0.717, 1.165) is 43.5 Å². The first-order chi connectivity index (χ1) is 9.69. The summed E-state index contributed by atoms with van der Waals surface area (Å²) in [6.45, 7) is 8.76. The number of hydrogen-bond donors (Lipinski definition) is 2. The van der Waals surface area contributed by atoms with E-state index >= 15 is 0 Å². The summed E-state index contributed by atoms with van der Waals surface area (Å²) in [6.07, 6.45) is 4.66. The highest BCUT2D eigenvalue weighted by atomic mass is 15.3. The molecule has 0 unspecified atom stereocenters. The smallest absolute Gasteiger partial charge is 0.191 e. The van der Waals surface area contributed by atoms with Gasteiger partial charge >= 0.3 is 0 Å². The van der Waals surface area contributed by atoms with Crippen LogP contribution < -0.4 is 10.6 Å². The molecule has 0 radical (unpaired) electrons. The monoisotopic (exact) mass is 280 g/mol. The molecule has 2 N–H and O–H groups in total. The molecule has 0 atom stereocenters. The lowest BCUT2D eigenvalue weighted by atomic mass is 10.3. The van der Waals surface area contributed by atoms with Crippen LogP contribution in [-0.4, -0.2) is 33.8 Å². The molecule has 20 heavy (non-hydrogen) atoms. The Hall–Kier alpha value is -1.59. The van der Waals surface area contributed by atoms with E-state index < -0.39 is 0 Å². The first-order valence-corrected chi connectivity index (χ1v) is 7.56. The molecule has 1 heterocycles. The zero-order chi connectivity index (χ0) is 14.8. The highest BCUT2D eigenvalue weighted by Crippen LogP contribution is 1.99. The van der Waals surface area contributed by atoms with Crippen LogP contribution in [0.1, 0.15) is 51.2 Å². The molecule has 1 aromatic rings. The molecule has 114 valence electrons. The highest BCUT2D eigenvalue weighted by Gasteiger charge is 2.04. The minimum Gasteiger partial charge on any atom is -0.356 e. The standard InChI is InChI=1S/C14H28N6/c1-5-7-9-15-14(16-10-8-6-2)17-11-13-19-18-12(3)20(13)4/h5-11H2,1-4H3,(H2,15,16,17). The Labute approximate surface area is 122 Å². The molecule has 1 aromatic heterocycles. The second-order valence-corrected chi connectivity index (χ2v) is 4.95. The summed E-state index contributed by atoms with van der Waals surface area (Å²) in [7, 11) is 1.97. The van der Waals surface area contributed by atoms with E-state index in [1.807, 2.05) is 18.5 Å². The summed E-state index contributed by atoms with van der Waals surface area (Å²) in [5, 5.41) is 14.9. The second-order valence-electron chi connectivity index (χ2n) is 4.95. The normalized spacial score (nSPS) is 10.4. The van der Waals surface area contributed by atoms with Gasteiger partial charge in [-0.05, 0) is 19.8 Å². The minimum absolute atomic E-state index is 0.547. The summed E-state index contributed by atoms with van der Waals surface area (Å²) >= 11 is 0. The van der Waals surface area contributed by atoms with E-state index in [1.165, 1.54) is 12.8 Å². The fraction of sp³-hybridized carbons (Fsp3) is 0.786. The van der Waals surface area contributed by atoms with Crippen LogP contribution in [0.5, 0.6) is 0 Å². The molecule has 0 bridgehead atoms. The third kappa shape index (κ3) is 5.59. The molecular formula is C14H28N6. The van der Waals surface area contributed by atoms with Gasteiger partial charge in [-0.1, -0.05) is 26.7 Å². The number of nitrogens with one attached hydrogen (secondary N) is 2. The molecule has 6 heteroatoms. The average Bonchev–Trinajstić information content (AvgIpc) is 2.76. The Bertz CT molecular complexity index is 398. The molecule has 0 aliphatic carbocycles. The summed E-state index contributed by atoms with van der Waals surface area (Å²) in [5.74, 6) is 2.66. The third-order valence-electron chi connectivity index (χ3n) is 3.21. The van der Waals surface area contributed by atoms with Crippen molar-refractivity contribution in [3.05, 3.63) is 11.6 Å². The molecule has 0 saturated heterocycles. The van der Waals surface area contributed by atoms with Crippen molar-refractivity contribution in [2.24, 2.45) is 12.0 Å². The van der Waals surface area contributed by atoms with Crippen LogP contribution >= 0.6 is 0 Å². The molecule has 6 nitrogen and oxygen atoms in total. The van der Waals surface area contributed by atoms with Gasteiger partial charge in [0, 0.05) is 20.1 Å². The molecular weight excluding hydrogens is 252 g/mol. The first kappa shape index (κ1) is 16.5. The van der Waals surface area contributed by atoms with Gasteiger partial charge in [0.1, 0.15) is 12.4 Å².